The van der Waals surface area contributed by atoms with Crippen molar-refractivity contribution in [2.45, 2.75) is 13.8 Å². The first-order chi connectivity index (χ1) is 8.58. The van der Waals surface area contributed by atoms with E-state index in [1.54, 1.807) is 0 Å². The number of carboxylic acids is 1. The van der Waals surface area contributed by atoms with Crippen LogP contribution in [-0.4, -0.2) is 16.1 Å². The molecule has 0 aliphatic carbocycles. The van der Waals surface area contributed by atoms with Gasteiger partial charge in [0.15, 0.2) is 0 Å². The molecule has 0 saturated heterocycles. The average Bonchev–Trinajstić information content (AvgIpc) is 2.35. The van der Waals surface area contributed by atoms with Gasteiger partial charge in [0.05, 0.1) is 5.56 Å². The fourth-order valence-corrected chi connectivity index (χ4v) is 1.55. The molecule has 1 N–H and O–H groups in total. The van der Waals surface area contributed by atoms with E-state index in [0.29, 0.717) is 5.75 Å². The lowest BCUT2D eigenvalue weighted by Gasteiger charge is -2.09. The van der Waals surface area contributed by atoms with Crippen LogP contribution < -0.4 is 4.74 Å². The number of carbonyl (C=O) groups is 1. The molecule has 1 aromatic heterocycles. The Balaban J connectivity index is 2.31. The highest BCUT2D eigenvalue weighted by atomic mass is 16.5. The number of benzene rings is 1. The Bertz CT molecular complexity index is 593. The first-order valence-corrected chi connectivity index (χ1v) is 5.51. The van der Waals surface area contributed by atoms with Crippen molar-refractivity contribution < 1.29 is 14.6 Å². The summed E-state index contributed by atoms with van der Waals surface area (Å²) in [6, 6.07) is 8.54. The number of rotatable bonds is 3. The van der Waals surface area contributed by atoms with Crippen LogP contribution in [0.3, 0.4) is 0 Å². The molecule has 18 heavy (non-hydrogen) atoms. The van der Waals surface area contributed by atoms with Gasteiger partial charge in [0.2, 0.25) is 5.88 Å². The molecule has 2 rings (SSSR count). The smallest absolute Gasteiger partial charge is 0.335 e. The molecule has 4 heteroatoms. The fourth-order valence-electron chi connectivity index (χ4n) is 1.55. The van der Waals surface area contributed by atoms with Crippen LogP contribution in [0.2, 0.25) is 0 Å². The summed E-state index contributed by atoms with van der Waals surface area (Å²) < 4.78 is 5.61. The second-order valence-electron chi connectivity index (χ2n) is 3.99. The summed E-state index contributed by atoms with van der Waals surface area (Å²) in [6.07, 6.45) is 1.42. The number of pyridine rings is 1. The van der Waals surface area contributed by atoms with Gasteiger partial charge in [-0.2, -0.15) is 0 Å². The number of aryl methyl sites for hydroxylation is 1. The van der Waals surface area contributed by atoms with E-state index in [-0.39, 0.29) is 11.4 Å². The van der Waals surface area contributed by atoms with Gasteiger partial charge >= 0.3 is 5.97 Å². The minimum atomic E-state index is -0.997. The normalized spacial score (nSPS) is 10.1. The molecular formula is C14H13NO3. The molecule has 0 radical (unpaired) electrons. The first-order valence-electron chi connectivity index (χ1n) is 5.51. The number of aromatic carboxylic acids is 1. The molecule has 1 aromatic carbocycles. The molecule has 0 unspecified atom stereocenters. The number of hydrogen-bond donors (Lipinski definition) is 1. The number of hydrogen-bond acceptors (Lipinski definition) is 3. The Kier molecular flexibility index (Phi) is 3.28. The van der Waals surface area contributed by atoms with E-state index in [4.69, 9.17) is 9.84 Å². The monoisotopic (exact) mass is 243 g/mol. The molecule has 0 atom stereocenters. The van der Waals surface area contributed by atoms with Gasteiger partial charge in [-0.25, -0.2) is 9.78 Å². The molecule has 0 aliphatic rings. The van der Waals surface area contributed by atoms with E-state index in [1.807, 2.05) is 32.0 Å². The van der Waals surface area contributed by atoms with Gasteiger partial charge < -0.3 is 9.84 Å². The van der Waals surface area contributed by atoms with Gasteiger partial charge in [-0.15, -0.1) is 0 Å². The quantitative estimate of drug-likeness (QED) is 0.899. The van der Waals surface area contributed by atoms with Crippen molar-refractivity contribution in [3.63, 3.8) is 0 Å². The largest absolute Gasteiger partial charge is 0.478 e. The first kappa shape index (κ1) is 12.1. The zero-order valence-electron chi connectivity index (χ0n) is 10.2. The second-order valence-corrected chi connectivity index (χ2v) is 3.99. The molecule has 0 spiro atoms. The number of carboxylic acid groups (broad SMARTS) is 1. The van der Waals surface area contributed by atoms with Gasteiger partial charge in [-0.1, -0.05) is 12.1 Å². The third kappa shape index (κ3) is 2.48. The van der Waals surface area contributed by atoms with Crippen LogP contribution in [0.1, 0.15) is 21.5 Å². The van der Waals surface area contributed by atoms with Gasteiger partial charge in [0.1, 0.15) is 5.75 Å². The van der Waals surface area contributed by atoms with E-state index >= 15 is 0 Å². The Morgan fingerprint density at radius 1 is 1.28 bits per heavy atom. The van der Waals surface area contributed by atoms with E-state index in [9.17, 15) is 4.79 Å². The van der Waals surface area contributed by atoms with Crippen molar-refractivity contribution in [3.8, 4) is 11.6 Å². The number of ether oxygens (including phenoxy) is 1. The molecule has 0 fully saturated rings. The van der Waals surface area contributed by atoms with Gasteiger partial charge in [-0.3, -0.25) is 0 Å². The molecule has 2 aromatic rings. The zero-order chi connectivity index (χ0) is 13.1. The summed E-state index contributed by atoms with van der Waals surface area (Å²) in [5.74, 6) is -0.0307. The maximum atomic E-state index is 10.8. The lowest BCUT2D eigenvalue weighted by molar-refractivity contribution is 0.0696. The van der Waals surface area contributed by atoms with Crippen LogP contribution in [0.5, 0.6) is 11.6 Å². The lowest BCUT2D eigenvalue weighted by Crippen LogP contribution is -1.98. The van der Waals surface area contributed by atoms with Crippen LogP contribution in [0.25, 0.3) is 0 Å². The predicted octanol–water partition coefficient (Wildman–Crippen LogP) is 3.19. The second kappa shape index (κ2) is 4.87. The molecule has 1 heterocycles. The van der Waals surface area contributed by atoms with E-state index in [2.05, 4.69) is 4.98 Å². The van der Waals surface area contributed by atoms with Crippen LogP contribution >= 0.6 is 0 Å². The van der Waals surface area contributed by atoms with Crippen molar-refractivity contribution in [2.24, 2.45) is 0 Å². The van der Waals surface area contributed by atoms with Crippen molar-refractivity contribution >= 4 is 5.97 Å². The maximum Gasteiger partial charge on any atom is 0.335 e. The Morgan fingerprint density at radius 2 is 2.06 bits per heavy atom. The standard InChI is InChI=1S/C14H13NO3/c1-9-4-3-5-12(10(9)2)18-13-8-11(14(16)17)6-7-15-13/h3-8H,1-2H3,(H,16,17). The minimum Gasteiger partial charge on any atom is -0.478 e. The van der Waals surface area contributed by atoms with Crippen molar-refractivity contribution in [2.75, 3.05) is 0 Å². The number of nitrogens with zero attached hydrogens (tertiary/aromatic N) is 1. The molecule has 0 saturated carbocycles. The average molecular weight is 243 g/mol. The molecular weight excluding hydrogens is 230 g/mol. The Morgan fingerprint density at radius 3 is 2.78 bits per heavy atom. The summed E-state index contributed by atoms with van der Waals surface area (Å²) in [5, 5.41) is 8.89. The van der Waals surface area contributed by atoms with E-state index < -0.39 is 5.97 Å². The van der Waals surface area contributed by atoms with Crippen LogP contribution in [0.15, 0.2) is 36.5 Å². The van der Waals surface area contributed by atoms with Crippen LogP contribution in [0, 0.1) is 13.8 Å². The highest BCUT2D eigenvalue weighted by Crippen LogP contribution is 2.25. The molecule has 92 valence electrons. The fraction of sp³-hybridized carbons (Fsp3) is 0.143. The predicted molar refractivity (Wildman–Crippen MR) is 67.2 cm³/mol. The van der Waals surface area contributed by atoms with Gasteiger partial charge in [-0.05, 0) is 37.1 Å². The van der Waals surface area contributed by atoms with Gasteiger partial charge in [0, 0.05) is 12.3 Å². The van der Waals surface area contributed by atoms with Crippen LogP contribution in [-0.2, 0) is 0 Å². The van der Waals surface area contributed by atoms with Crippen molar-refractivity contribution in [3.05, 3.63) is 53.2 Å². The maximum absolute atomic E-state index is 10.8. The van der Waals surface area contributed by atoms with Crippen molar-refractivity contribution in [1.29, 1.82) is 0 Å². The zero-order valence-corrected chi connectivity index (χ0v) is 10.2. The molecule has 0 amide bonds. The summed E-state index contributed by atoms with van der Waals surface area (Å²) >= 11 is 0. The third-order valence-corrected chi connectivity index (χ3v) is 2.75. The summed E-state index contributed by atoms with van der Waals surface area (Å²) in [4.78, 5) is 14.8. The highest BCUT2D eigenvalue weighted by Gasteiger charge is 2.07. The summed E-state index contributed by atoms with van der Waals surface area (Å²) in [7, 11) is 0. The molecule has 0 bridgehead atoms. The number of aromatic nitrogens is 1. The SMILES string of the molecule is Cc1cccc(Oc2cc(C(=O)O)ccn2)c1C. The Labute approximate surface area is 105 Å². The van der Waals surface area contributed by atoms with Gasteiger partial charge in [0.25, 0.3) is 0 Å². The summed E-state index contributed by atoms with van der Waals surface area (Å²) in [6.45, 7) is 3.94. The Hall–Kier alpha value is -2.36. The molecule has 4 nitrogen and oxygen atoms in total. The van der Waals surface area contributed by atoms with E-state index in [0.717, 1.165) is 11.1 Å². The van der Waals surface area contributed by atoms with Crippen molar-refractivity contribution in [1.82, 2.24) is 4.98 Å². The van der Waals surface area contributed by atoms with E-state index in [1.165, 1.54) is 18.3 Å². The lowest BCUT2D eigenvalue weighted by atomic mass is 10.1. The third-order valence-electron chi connectivity index (χ3n) is 2.75. The highest BCUT2D eigenvalue weighted by molar-refractivity contribution is 5.87. The van der Waals surface area contributed by atoms with Crippen LogP contribution in [0.4, 0.5) is 0 Å². The topological polar surface area (TPSA) is 59.4 Å². The summed E-state index contributed by atoms with van der Waals surface area (Å²) in [5.41, 5.74) is 2.28. The molecule has 0 aliphatic heterocycles. The minimum absolute atomic E-state index is 0.158.